The summed E-state index contributed by atoms with van der Waals surface area (Å²) in [7, 11) is 7.64. The van der Waals surface area contributed by atoms with Crippen molar-refractivity contribution in [3.05, 3.63) is 54.1 Å². The zero-order valence-corrected chi connectivity index (χ0v) is 19.3. The summed E-state index contributed by atoms with van der Waals surface area (Å²) in [4.78, 5) is 31.5. The first kappa shape index (κ1) is 23.6. The highest BCUT2D eigenvalue weighted by molar-refractivity contribution is 6.39. The van der Waals surface area contributed by atoms with Crippen molar-refractivity contribution in [3.8, 4) is 5.75 Å². The van der Waals surface area contributed by atoms with Gasteiger partial charge in [-0.25, -0.2) is 0 Å². The standard InChI is InChI=1S/C24H33N5O3/c1-27(2)20-9-7-19(8-10-20)26-24(31)23(30)25-17-22(29-15-13-28(3)14-16-29)18-5-11-21(32-4)12-6-18/h5-12,22H,13-17H2,1-4H3,(H,25,30)(H,26,31). The number of benzene rings is 2. The van der Waals surface area contributed by atoms with E-state index in [1.165, 1.54) is 0 Å². The molecule has 172 valence electrons. The fraction of sp³-hybridized carbons (Fsp3) is 0.417. The monoisotopic (exact) mass is 439 g/mol. The van der Waals surface area contributed by atoms with E-state index in [9.17, 15) is 9.59 Å². The van der Waals surface area contributed by atoms with Crippen LogP contribution in [0.1, 0.15) is 11.6 Å². The lowest BCUT2D eigenvalue weighted by Crippen LogP contribution is -2.49. The van der Waals surface area contributed by atoms with Gasteiger partial charge >= 0.3 is 11.8 Å². The number of likely N-dealkylation sites (N-methyl/N-ethyl adjacent to an activating group) is 1. The van der Waals surface area contributed by atoms with E-state index in [1.54, 1.807) is 19.2 Å². The molecule has 1 saturated heterocycles. The van der Waals surface area contributed by atoms with Crippen molar-refractivity contribution in [3.63, 3.8) is 0 Å². The van der Waals surface area contributed by atoms with E-state index in [4.69, 9.17) is 4.74 Å². The molecule has 2 amide bonds. The highest BCUT2D eigenvalue weighted by Gasteiger charge is 2.25. The molecule has 1 atom stereocenters. The molecule has 0 aromatic heterocycles. The molecular weight excluding hydrogens is 406 g/mol. The summed E-state index contributed by atoms with van der Waals surface area (Å²) in [6.45, 7) is 4.07. The predicted octanol–water partition coefficient (Wildman–Crippen LogP) is 1.80. The number of rotatable bonds is 7. The van der Waals surface area contributed by atoms with E-state index in [1.807, 2.05) is 55.4 Å². The minimum absolute atomic E-state index is 0.0225. The van der Waals surface area contributed by atoms with Crippen molar-refractivity contribution in [1.29, 1.82) is 0 Å². The molecule has 2 aromatic rings. The minimum atomic E-state index is -0.672. The first-order valence-electron chi connectivity index (χ1n) is 10.8. The lowest BCUT2D eigenvalue weighted by Gasteiger charge is -2.38. The molecule has 1 unspecified atom stereocenters. The smallest absolute Gasteiger partial charge is 0.313 e. The Balaban J connectivity index is 1.63. The summed E-state index contributed by atoms with van der Waals surface area (Å²) in [5.41, 5.74) is 2.68. The van der Waals surface area contributed by atoms with E-state index in [2.05, 4.69) is 27.5 Å². The van der Waals surface area contributed by atoms with Crippen LogP contribution in [0.5, 0.6) is 5.75 Å². The molecule has 1 aliphatic rings. The maximum absolute atomic E-state index is 12.5. The molecule has 3 rings (SSSR count). The van der Waals surface area contributed by atoms with Crippen LogP contribution in [-0.4, -0.2) is 82.6 Å². The molecule has 1 aliphatic heterocycles. The first-order valence-corrected chi connectivity index (χ1v) is 10.8. The average molecular weight is 440 g/mol. The molecule has 8 heteroatoms. The molecule has 1 heterocycles. The van der Waals surface area contributed by atoms with E-state index in [0.29, 0.717) is 12.2 Å². The van der Waals surface area contributed by atoms with Gasteiger partial charge in [-0.1, -0.05) is 12.1 Å². The quantitative estimate of drug-likeness (QED) is 0.641. The Kier molecular flexibility index (Phi) is 8.08. The number of anilines is 2. The molecule has 0 radical (unpaired) electrons. The first-order chi connectivity index (χ1) is 15.4. The maximum atomic E-state index is 12.5. The Morgan fingerprint density at radius 1 is 0.969 bits per heavy atom. The Morgan fingerprint density at radius 2 is 1.59 bits per heavy atom. The van der Waals surface area contributed by atoms with Crippen LogP contribution >= 0.6 is 0 Å². The highest BCUT2D eigenvalue weighted by atomic mass is 16.5. The van der Waals surface area contributed by atoms with Gasteiger partial charge in [-0.05, 0) is 49.0 Å². The van der Waals surface area contributed by atoms with Gasteiger partial charge in [0, 0.05) is 58.2 Å². The van der Waals surface area contributed by atoms with Crippen molar-refractivity contribution in [2.45, 2.75) is 6.04 Å². The van der Waals surface area contributed by atoms with Gasteiger partial charge in [0.05, 0.1) is 13.2 Å². The van der Waals surface area contributed by atoms with Crippen molar-refractivity contribution in [2.75, 3.05) is 71.2 Å². The van der Waals surface area contributed by atoms with E-state index in [0.717, 1.165) is 43.2 Å². The number of nitrogens with zero attached hydrogens (tertiary/aromatic N) is 3. The molecular formula is C24H33N5O3. The van der Waals surface area contributed by atoms with Gasteiger partial charge in [-0.2, -0.15) is 0 Å². The summed E-state index contributed by atoms with van der Waals surface area (Å²) in [5.74, 6) is -0.529. The second-order valence-electron chi connectivity index (χ2n) is 8.23. The van der Waals surface area contributed by atoms with Gasteiger partial charge in [0.25, 0.3) is 0 Å². The normalized spacial score (nSPS) is 15.6. The number of carbonyl (C=O) groups is 2. The summed E-state index contributed by atoms with van der Waals surface area (Å²) in [5, 5.41) is 5.49. The third kappa shape index (κ3) is 6.21. The number of methoxy groups -OCH3 is 1. The van der Waals surface area contributed by atoms with Crippen molar-refractivity contribution < 1.29 is 14.3 Å². The van der Waals surface area contributed by atoms with Gasteiger partial charge in [-0.3, -0.25) is 14.5 Å². The number of hydrogen-bond donors (Lipinski definition) is 2. The second-order valence-corrected chi connectivity index (χ2v) is 8.23. The molecule has 2 N–H and O–H groups in total. The molecule has 0 aliphatic carbocycles. The third-order valence-electron chi connectivity index (χ3n) is 5.78. The van der Waals surface area contributed by atoms with Crippen LogP contribution in [0.2, 0.25) is 0 Å². The number of nitrogens with one attached hydrogen (secondary N) is 2. The Bertz CT molecular complexity index is 891. The van der Waals surface area contributed by atoms with Gasteiger partial charge < -0.3 is 25.2 Å². The van der Waals surface area contributed by atoms with Crippen LogP contribution in [0.15, 0.2) is 48.5 Å². The largest absolute Gasteiger partial charge is 0.497 e. The SMILES string of the molecule is COc1ccc(C(CNC(=O)C(=O)Nc2ccc(N(C)C)cc2)N2CCN(C)CC2)cc1. The van der Waals surface area contributed by atoms with E-state index >= 15 is 0 Å². The number of piperazine rings is 1. The molecule has 2 aromatic carbocycles. The number of carbonyl (C=O) groups excluding carboxylic acids is 2. The molecule has 0 saturated carbocycles. The fourth-order valence-electron chi connectivity index (χ4n) is 3.72. The van der Waals surface area contributed by atoms with Crippen LogP contribution in [0.3, 0.4) is 0 Å². The van der Waals surface area contributed by atoms with Crippen LogP contribution in [0.25, 0.3) is 0 Å². The summed E-state index contributed by atoms with van der Waals surface area (Å²) in [6, 6.07) is 15.2. The molecule has 1 fully saturated rings. The maximum Gasteiger partial charge on any atom is 0.313 e. The minimum Gasteiger partial charge on any atom is -0.497 e. The molecule has 32 heavy (non-hydrogen) atoms. The summed E-state index contributed by atoms with van der Waals surface area (Å²) >= 11 is 0. The Hall–Kier alpha value is -3.10. The summed E-state index contributed by atoms with van der Waals surface area (Å²) < 4.78 is 5.27. The van der Waals surface area contributed by atoms with Crippen molar-refractivity contribution >= 4 is 23.2 Å². The zero-order valence-electron chi connectivity index (χ0n) is 19.3. The zero-order chi connectivity index (χ0) is 23.1. The summed E-state index contributed by atoms with van der Waals surface area (Å²) in [6.07, 6.45) is 0. The van der Waals surface area contributed by atoms with Crippen LogP contribution < -0.4 is 20.3 Å². The average Bonchev–Trinajstić information content (AvgIpc) is 2.80. The number of hydrogen-bond acceptors (Lipinski definition) is 6. The molecule has 0 bridgehead atoms. The predicted molar refractivity (Wildman–Crippen MR) is 127 cm³/mol. The Morgan fingerprint density at radius 3 is 2.16 bits per heavy atom. The topological polar surface area (TPSA) is 77.1 Å². The molecule has 8 nitrogen and oxygen atoms in total. The van der Waals surface area contributed by atoms with Crippen LogP contribution in [-0.2, 0) is 9.59 Å². The number of ether oxygens (including phenoxy) is 1. The van der Waals surface area contributed by atoms with Crippen LogP contribution in [0, 0.1) is 0 Å². The van der Waals surface area contributed by atoms with Crippen molar-refractivity contribution in [1.82, 2.24) is 15.1 Å². The number of amides is 2. The second kappa shape index (κ2) is 11.0. The van der Waals surface area contributed by atoms with Crippen LogP contribution in [0.4, 0.5) is 11.4 Å². The van der Waals surface area contributed by atoms with Gasteiger partial charge in [-0.15, -0.1) is 0 Å². The Labute approximate surface area is 190 Å². The van der Waals surface area contributed by atoms with E-state index < -0.39 is 11.8 Å². The lowest BCUT2D eigenvalue weighted by molar-refractivity contribution is -0.136. The fourth-order valence-corrected chi connectivity index (χ4v) is 3.72. The molecule has 0 spiro atoms. The van der Waals surface area contributed by atoms with Gasteiger partial charge in [0.2, 0.25) is 0 Å². The lowest BCUT2D eigenvalue weighted by atomic mass is 10.0. The van der Waals surface area contributed by atoms with Crippen molar-refractivity contribution in [2.24, 2.45) is 0 Å². The van der Waals surface area contributed by atoms with Gasteiger partial charge in [0.15, 0.2) is 0 Å². The third-order valence-corrected chi connectivity index (χ3v) is 5.78. The van der Waals surface area contributed by atoms with Gasteiger partial charge in [0.1, 0.15) is 5.75 Å². The highest BCUT2D eigenvalue weighted by Crippen LogP contribution is 2.24. The van der Waals surface area contributed by atoms with E-state index in [-0.39, 0.29) is 6.04 Å².